The molecule has 1 aliphatic rings. The van der Waals surface area contributed by atoms with Crippen molar-refractivity contribution in [1.82, 2.24) is 10.3 Å². The summed E-state index contributed by atoms with van der Waals surface area (Å²) in [5, 5.41) is 4.13. The number of aromatic nitrogens is 1. The van der Waals surface area contributed by atoms with Crippen LogP contribution < -0.4 is 5.32 Å². The van der Waals surface area contributed by atoms with Crippen molar-refractivity contribution in [2.24, 2.45) is 0 Å². The summed E-state index contributed by atoms with van der Waals surface area (Å²) in [4.78, 5) is 15.6. The molecule has 1 heterocycles. The Hall–Kier alpha value is -2.55. The lowest BCUT2D eigenvalue weighted by Crippen LogP contribution is -2.26. The van der Waals surface area contributed by atoms with Crippen molar-refractivity contribution in [3.63, 3.8) is 0 Å². The number of carbonyl (C=O) groups excluding carboxylic acids is 1. The fourth-order valence-electron chi connectivity index (χ4n) is 2.95. The molecule has 4 rings (SSSR count). The van der Waals surface area contributed by atoms with Crippen LogP contribution in [0.1, 0.15) is 28.3 Å². The Morgan fingerprint density at radius 3 is 2.76 bits per heavy atom. The summed E-state index contributed by atoms with van der Waals surface area (Å²) in [6.07, 6.45) is 2.89. The van der Waals surface area contributed by atoms with Gasteiger partial charge in [0.25, 0.3) is 5.91 Å². The van der Waals surface area contributed by atoms with E-state index in [2.05, 4.69) is 22.4 Å². The molecule has 1 amide bonds. The largest absolute Gasteiger partial charge is 0.361 e. The second-order valence-electron chi connectivity index (χ2n) is 5.58. The number of hydrogen-bond acceptors (Lipinski definition) is 1. The first-order valence-electron chi connectivity index (χ1n) is 7.25. The van der Waals surface area contributed by atoms with E-state index in [9.17, 15) is 4.79 Å². The maximum absolute atomic E-state index is 12.5. The highest BCUT2D eigenvalue weighted by Crippen LogP contribution is 2.40. The zero-order chi connectivity index (χ0) is 14.2. The van der Waals surface area contributed by atoms with Crippen LogP contribution in [0.4, 0.5) is 0 Å². The van der Waals surface area contributed by atoms with Gasteiger partial charge in [-0.25, -0.2) is 0 Å². The van der Waals surface area contributed by atoms with Crippen LogP contribution in [-0.2, 0) is 0 Å². The average molecular weight is 276 g/mol. The third kappa shape index (κ3) is 2.21. The third-order valence-corrected chi connectivity index (χ3v) is 4.17. The van der Waals surface area contributed by atoms with E-state index in [4.69, 9.17) is 0 Å². The number of amides is 1. The molecule has 0 radical (unpaired) electrons. The minimum Gasteiger partial charge on any atom is -0.361 e. The Balaban J connectivity index is 1.51. The van der Waals surface area contributed by atoms with Gasteiger partial charge < -0.3 is 10.3 Å². The van der Waals surface area contributed by atoms with Crippen molar-refractivity contribution in [3.8, 4) is 0 Å². The first-order chi connectivity index (χ1) is 10.3. The highest BCUT2D eigenvalue weighted by Gasteiger charge is 2.39. The SMILES string of the molecule is O=C(NC1CC1c1ccccc1)c1cccc2[nH]ccc12. The highest BCUT2D eigenvalue weighted by atomic mass is 16.1. The summed E-state index contributed by atoms with van der Waals surface area (Å²) in [6.45, 7) is 0. The number of hydrogen-bond donors (Lipinski definition) is 2. The van der Waals surface area contributed by atoms with Gasteiger partial charge in [-0.05, 0) is 30.2 Å². The Morgan fingerprint density at radius 2 is 1.90 bits per heavy atom. The molecule has 2 N–H and O–H groups in total. The summed E-state index contributed by atoms with van der Waals surface area (Å²) in [7, 11) is 0. The zero-order valence-corrected chi connectivity index (χ0v) is 11.5. The van der Waals surface area contributed by atoms with E-state index in [0.29, 0.717) is 5.92 Å². The zero-order valence-electron chi connectivity index (χ0n) is 11.5. The molecular formula is C18H16N2O. The van der Waals surface area contributed by atoms with E-state index in [-0.39, 0.29) is 11.9 Å². The monoisotopic (exact) mass is 276 g/mol. The van der Waals surface area contributed by atoms with Crippen molar-refractivity contribution >= 4 is 16.8 Å². The first kappa shape index (κ1) is 12.2. The smallest absolute Gasteiger partial charge is 0.252 e. The van der Waals surface area contributed by atoms with Gasteiger partial charge in [-0.3, -0.25) is 4.79 Å². The normalized spacial score (nSPS) is 20.4. The first-order valence-corrected chi connectivity index (χ1v) is 7.25. The van der Waals surface area contributed by atoms with Gasteiger partial charge in [0.2, 0.25) is 0 Å². The van der Waals surface area contributed by atoms with Gasteiger partial charge in [0.1, 0.15) is 0 Å². The lowest BCUT2D eigenvalue weighted by atomic mass is 10.1. The molecule has 1 saturated carbocycles. The average Bonchev–Trinajstić information content (AvgIpc) is 3.11. The number of carbonyl (C=O) groups is 1. The van der Waals surface area contributed by atoms with Crippen LogP contribution in [0.3, 0.4) is 0 Å². The quantitative estimate of drug-likeness (QED) is 0.756. The topological polar surface area (TPSA) is 44.9 Å². The van der Waals surface area contributed by atoms with Gasteiger partial charge >= 0.3 is 0 Å². The van der Waals surface area contributed by atoms with E-state index in [0.717, 1.165) is 22.9 Å². The van der Waals surface area contributed by atoms with Gasteiger partial charge in [-0.15, -0.1) is 0 Å². The van der Waals surface area contributed by atoms with Crippen molar-refractivity contribution in [3.05, 3.63) is 71.9 Å². The Bertz CT molecular complexity index is 791. The Labute approximate surface area is 123 Å². The number of aromatic amines is 1. The molecule has 0 aliphatic heterocycles. The molecule has 21 heavy (non-hydrogen) atoms. The molecular weight excluding hydrogens is 260 g/mol. The molecule has 2 unspecified atom stereocenters. The maximum atomic E-state index is 12.5. The maximum Gasteiger partial charge on any atom is 0.252 e. The van der Waals surface area contributed by atoms with Crippen LogP contribution in [0.15, 0.2) is 60.8 Å². The van der Waals surface area contributed by atoms with Gasteiger partial charge in [0.05, 0.1) is 0 Å². The van der Waals surface area contributed by atoms with Crippen LogP contribution in [0.25, 0.3) is 10.9 Å². The summed E-state index contributed by atoms with van der Waals surface area (Å²) in [5.74, 6) is 0.476. The van der Waals surface area contributed by atoms with E-state index in [1.807, 2.05) is 48.7 Å². The number of rotatable bonds is 3. The minimum atomic E-state index is 0.0173. The molecule has 2 atom stereocenters. The molecule has 0 saturated heterocycles. The van der Waals surface area contributed by atoms with Crippen LogP contribution in [0, 0.1) is 0 Å². The third-order valence-electron chi connectivity index (χ3n) is 4.17. The highest BCUT2D eigenvalue weighted by molar-refractivity contribution is 6.06. The Morgan fingerprint density at radius 1 is 1.05 bits per heavy atom. The number of benzene rings is 2. The molecule has 3 heteroatoms. The van der Waals surface area contributed by atoms with Gasteiger partial charge in [-0.2, -0.15) is 0 Å². The second-order valence-corrected chi connectivity index (χ2v) is 5.58. The van der Waals surface area contributed by atoms with Gasteiger partial charge in [-0.1, -0.05) is 36.4 Å². The fourth-order valence-corrected chi connectivity index (χ4v) is 2.95. The van der Waals surface area contributed by atoms with Crippen molar-refractivity contribution in [2.45, 2.75) is 18.4 Å². The molecule has 1 aliphatic carbocycles. The number of H-pyrrole nitrogens is 1. The lowest BCUT2D eigenvalue weighted by molar-refractivity contribution is 0.0952. The van der Waals surface area contributed by atoms with E-state index < -0.39 is 0 Å². The predicted octanol–water partition coefficient (Wildman–Crippen LogP) is 3.45. The van der Waals surface area contributed by atoms with E-state index >= 15 is 0 Å². The minimum absolute atomic E-state index is 0.0173. The molecule has 0 spiro atoms. The summed E-state index contributed by atoms with van der Waals surface area (Å²) in [6, 6.07) is 18.4. The van der Waals surface area contributed by atoms with Crippen LogP contribution >= 0.6 is 0 Å². The van der Waals surface area contributed by atoms with Crippen LogP contribution in [0.5, 0.6) is 0 Å². The predicted molar refractivity (Wildman–Crippen MR) is 83.4 cm³/mol. The van der Waals surface area contributed by atoms with E-state index in [1.54, 1.807) is 0 Å². The molecule has 1 aromatic heterocycles. The molecule has 104 valence electrons. The summed E-state index contributed by atoms with van der Waals surface area (Å²) >= 11 is 0. The fraction of sp³-hybridized carbons (Fsp3) is 0.167. The second kappa shape index (κ2) is 4.77. The van der Waals surface area contributed by atoms with Crippen LogP contribution in [-0.4, -0.2) is 16.9 Å². The summed E-state index contributed by atoms with van der Waals surface area (Å²) < 4.78 is 0. The molecule has 0 bridgehead atoms. The number of nitrogens with one attached hydrogen (secondary N) is 2. The molecule has 2 aromatic carbocycles. The van der Waals surface area contributed by atoms with Crippen LogP contribution in [0.2, 0.25) is 0 Å². The molecule has 3 nitrogen and oxygen atoms in total. The molecule has 1 fully saturated rings. The standard InChI is InChI=1S/C18H16N2O/c21-18(14-7-4-8-16-13(14)9-10-19-16)20-17-11-15(17)12-5-2-1-3-6-12/h1-10,15,17,19H,11H2,(H,20,21). The van der Waals surface area contributed by atoms with Crippen molar-refractivity contribution in [1.29, 1.82) is 0 Å². The van der Waals surface area contributed by atoms with Crippen molar-refractivity contribution < 1.29 is 4.79 Å². The van der Waals surface area contributed by atoms with Gasteiger partial charge in [0.15, 0.2) is 0 Å². The number of fused-ring (bicyclic) bond motifs is 1. The van der Waals surface area contributed by atoms with Gasteiger partial charge in [0, 0.05) is 34.6 Å². The van der Waals surface area contributed by atoms with Crippen molar-refractivity contribution in [2.75, 3.05) is 0 Å². The van der Waals surface area contributed by atoms with E-state index in [1.165, 1.54) is 5.56 Å². The molecule has 3 aromatic rings. The lowest BCUT2D eigenvalue weighted by Gasteiger charge is -2.06. The summed E-state index contributed by atoms with van der Waals surface area (Å²) in [5.41, 5.74) is 3.05. The Kier molecular flexibility index (Phi) is 2.78.